The van der Waals surface area contributed by atoms with Crippen LogP contribution in [0.15, 0.2) is 36.4 Å². The van der Waals surface area contributed by atoms with Crippen molar-refractivity contribution < 1.29 is 19.6 Å². The molecule has 0 aliphatic heterocycles. The zero-order valence-electron chi connectivity index (χ0n) is 11.1. The third-order valence-corrected chi connectivity index (χ3v) is 2.73. The number of ether oxygens (including phenoxy) is 1. The molecule has 0 saturated carbocycles. The maximum atomic E-state index is 10.7. The van der Waals surface area contributed by atoms with Gasteiger partial charge in [-0.3, -0.25) is 14.9 Å². The molecule has 21 heavy (non-hydrogen) atoms. The third-order valence-electron chi connectivity index (χ3n) is 2.73. The second-order valence-electron chi connectivity index (χ2n) is 4.33. The van der Waals surface area contributed by atoms with Crippen molar-refractivity contribution in [2.75, 3.05) is 0 Å². The molecule has 0 fully saturated rings. The molecular formula is C14H12N2O5. The van der Waals surface area contributed by atoms with E-state index in [1.165, 1.54) is 19.1 Å². The molecule has 0 atom stereocenters. The number of pyridine rings is 1. The van der Waals surface area contributed by atoms with E-state index >= 15 is 0 Å². The number of carboxylic acids is 1. The molecule has 108 valence electrons. The molecule has 0 unspecified atom stereocenters. The lowest BCUT2D eigenvalue weighted by molar-refractivity contribution is -0.385. The van der Waals surface area contributed by atoms with Gasteiger partial charge < -0.3 is 9.84 Å². The molecule has 0 radical (unpaired) electrons. The number of carbonyl (C=O) groups is 1. The summed E-state index contributed by atoms with van der Waals surface area (Å²) in [6.07, 6.45) is -0.0603. The van der Waals surface area contributed by atoms with Gasteiger partial charge in [-0.15, -0.1) is 0 Å². The van der Waals surface area contributed by atoms with Gasteiger partial charge in [0.25, 0.3) is 5.69 Å². The molecule has 0 spiro atoms. The Morgan fingerprint density at radius 2 is 1.95 bits per heavy atom. The van der Waals surface area contributed by atoms with Crippen molar-refractivity contribution >= 4 is 11.7 Å². The quantitative estimate of drug-likeness (QED) is 0.670. The molecule has 1 N–H and O–H groups in total. The van der Waals surface area contributed by atoms with Crippen LogP contribution in [0.3, 0.4) is 0 Å². The molecule has 0 amide bonds. The van der Waals surface area contributed by atoms with Crippen molar-refractivity contribution in [3.63, 3.8) is 0 Å². The second kappa shape index (κ2) is 6.00. The summed E-state index contributed by atoms with van der Waals surface area (Å²) in [4.78, 5) is 24.8. The van der Waals surface area contributed by atoms with Crippen molar-refractivity contribution in [1.29, 1.82) is 0 Å². The molecular weight excluding hydrogens is 276 g/mol. The molecule has 0 aliphatic carbocycles. The van der Waals surface area contributed by atoms with Gasteiger partial charge >= 0.3 is 5.97 Å². The van der Waals surface area contributed by atoms with E-state index in [9.17, 15) is 14.9 Å². The second-order valence-corrected chi connectivity index (χ2v) is 4.33. The van der Waals surface area contributed by atoms with E-state index in [-0.39, 0.29) is 23.7 Å². The van der Waals surface area contributed by atoms with E-state index in [2.05, 4.69) is 4.98 Å². The highest BCUT2D eigenvalue weighted by Crippen LogP contribution is 2.24. The summed E-state index contributed by atoms with van der Waals surface area (Å²) in [5, 5.41) is 19.4. The van der Waals surface area contributed by atoms with E-state index in [0.29, 0.717) is 11.3 Å². The van der Waals surface area contributed by atoms with Crippen LogP contribution in [0, 0.1) is 17.0 Å². The Kier molecular flexibility index (Phi) is 4.13. The van der Waals surface area contributed by atoms with Gasteiger partial charge in [0.15, 0.2) is 0 Å². The average molecular weight is 288 g/mol. The van der Waals surface area contributed by atoms with Crippen molar-refractivity contribution in [3.05, 3.63) is 57.8 Å². The van der Waals surface area contributed by atoms with Gasteiger partial charge in [0.1, 0.15) is 11.4 Å². The Morgan fingerprint density at radius 1 is 1.29 bits per heavy atom. The molecule has 1 aromatic carbocycles. The van der Waals surface area contributed by atoms with Crippen LogP contribution in [0.25, 0.3) is 0 Å². The van der Waals surface area contributed by atoms with Crippen molar-refractivity contribution in [3.8, 4) is 11.6 Å². The number of aromatic nitrogens is 1. The summed E-state index contributed by atoms with van der Waals surface area (Å²) in [5.41, 5.74) is 0.849. The lowest BCUT2D eigenvalue weighted by Gasteiger charge is -2.06. The van der Waals surface area contributed by atoms with Gasteiger partial charge in [0.05, 0.1) is 11.3 Å². The predicted octanol–water partition coefficient (Wildman–Crippen LogP) is 2.72. The predicted molar refractivity (Wildman–Crippen MR) is 73.5 cm³/mol. The van der Waals surface area contributed by atoms with Crippen molar-refractivity contribution in [1.82, 2.24) is 4.98 Å². The van der Waals surface area contributed by atoms with Crippen LogP contribution < -0.4 is 4.74 Å². The van der Waals surface area contributed by atoms with Crippen LogP contribution in [0.1, 0.15) is 11.3 Å². The first kappa shape index (κ1) is 14.4. The van der Waals surface area contributed by atoms with E-state index < -0.39 is 10.9 Å². The lowest BCUT2D eigenvalue weighted by atomic mass is 10.1. The van der Waals surface area contributed by atoms with Gasteiger partial charge in [-0.1, -0.05) is 12.1 Å². The summed E-state index contributed by atoms with van der Waals surface area (Å²) < 4.78 is 5.47. The number of benzene rings is 1. The average Bonchev–Trinajstić information content (AvgIpc) is 2.40. The minimum absolute atomic E-state index is 0.0603. The normalized spacial score (nSPS) is 10.1. The molecule has 0 saturated heterocycles. The highest BCUT2D eigenvalue weighted by atomic mass is 16.6. The minimum Gasteiger partial charge on any atom is -0.481 e. The number of rotatable bonds is 5. The number of nitro groups is 1. The van der Waals surface area contributed by atoms with Gasteiger partial charge in [0.2, 0.25) is 5.88 Å². The molecule has 2 aromatic rings. The van der Waals surface area contributed by atoms with Crippen LogP contribution >= 0.6 is 0 Å². The zero-order chi connectivity index (χ0) is 15.4. The first-order valence-corrected chi connectivity index (χ1v) is 6.06. The summed E-state index contributed by atoms with van der Waals surface area (Å²) in [6.45, 7) is 1.53. The maximum Gasteiger partial charge on any atom is 0.307 e. The topological polar surface area (TPSA) is 103 Å². The highest BCUT2D eigenvalue weighted by Gasteiger charge is 2.12. The molecule has 0 bridgehead atoms. The van der Waals surface area contributed by atoms with Gasteiger partial charge in [-0.05, 0) is 24.6 Å². The summed E-state index contributed by atoms with van der Waals surface area (Å²) in [5.74, 6) is -0.190. The van der Waals surface area contributed by atoms with Gasteiger partial charge in [-0.2, -0.15) is 0 Å². The monoisotopic (exact) mass is 288 g/mol. The van der Waals surface area contributed by atoms with Crippen LogP contribution in [0.2, 0.25) is 0 Å². The number of hydrogen-bond acceptors (Lipinski definition) is 5. The zero-order valence-corrected chi connectivity index (χ0v) is 11.1. The first-order chi connectivity index (χ1) is 9.95. The minimum atomic E-state index is -0.906. The Hall–Kier alpha value is -2.96. The molecule has 2 rings (SSSR count). The fraction of sp³-hybridized carbons (Fsp3) is 0.143. The fourth-order valence-corrected chi connectivity index (χ4v) is 1.75. The molecule has 7 nitrogen and oxygen atoms in total. The van der Waals surface area contributed by atoms with Crippen molar-refractivity contribution in [2.24, 2.45) is 0 Å². The van der Waals surface area contributed by atoms with E-state index in [1.54, 1.807) is 24.3 Å². The molecule has 0 aliphatic rings. The molecule has 1 heterocycles. The van der Waals surface area contributed by atoms with E-state index in [1.807, 2.05) is 0 Å². The third kappa shape index (κ3) is 3.75. The Balaban J connectivity index is 2.13. The summed E-state index contributed by atoms with van der Waals surface area (Å²) in [6, 6.07) is 9.27. The van der Waals surface area contributed by atoms with E-state index in [4.69, 9.17) is 9.84 Å². The number of aliphatic carboxylic acids is 1. The van der Waals surface area contributed by atoms with Crippen LogP contribution in [-0.2, 0) is 11.2 Å². The van der Waals surface area contributed by atoms with Gasteiger partial charge in [0, 0.05) is 12.1 Å². The summed E-state index contributed by atoms with van der Waals surface area (Å²) in [7, 11) is 0. The first-order valence-electron chi connectivity index (χ1n) is 6.06. The maximum absolute atomic E-state index is 10.7. The smallest absolute Gasteiger partial charge is 0.307 e. The number of carboxylic acid groups (broad SMARTS) is 1. The molecule has 7 heteroatoms. The van der Waals surface area contributed by atoms with Crippen molar-refractivity contribution in [2.45, 2.75) is 13.3 Å². The highest BCUT2D eigenvalue weighted by molar-refractivity contribution is 5.70. The van der Waals surface area contributed by atoms with Gasteiger partial charge in [-0.25, -0.2) is 4.98 Å². The lowest BCUT2D eigenvalue weighted by Crippen LogP contribution is -1.99. The number of aryl methyl sites for hydroxylation is 1. The SMILES string of the molecule is Cc1nc(Oc2ccc(CC(=O)O)cc2)ccc1[N+](=O)[O-]. The Bertz CT molecular complexity index is 682. The molecule has 1 aromatic heterocycles. The van der Waals surface area contributed by atoms with Crippen LogP contribution in [0.4, 0.5) is 5.69 Å². The Labute approximate surface area is 120 Å². The van der Waals surface area contributed by atoms with Crippen LogP contribution in [0.5, 0.6) is 11.6 Å². The largest absolute Gasteiger partial charge is 0.481 e. The standard InChI is InChI=1S/C14H12N2O5/c1-9-12(16(19)20)6-7-13(15-9)21-11-4-2-10(3-5-11)8-14(17)18/h2-7H,8H2,1H3,(H,17,18). The Morgan fingerprint density at radius 3 is 2.48 bits per heavy atom. The summed E-state index contributed by atoms with van der Waals surface area (Å²) >= 11 is 0. The number of hydrogen-bond donors (Lipinski definition) is 1. The van der Waals surface area contributed by atoms with Crippen LogP contribution in [-0.4, -0.2) is 21.0 Å². The number of nitrogens with zero attached hydrogens (tertiary/aromatic N) is 2. The van der Waals surface area contributed by atoms with E-state index in [0.717, 1.165) is 0 Å². The fourth-order valence-electron chi connectivity index (χ4n) is 1.75.